The van der Waals surface area contributed by atoms with E-state index in [-0.39, 0.29) is 0 Å². The first-order chi connectivity index (χ1) is 7.36. The SMILES string of the molecule is CCOCCN=C(NN)NC1CCCC1. The van der Waals surface area contributed by atoms with Crippen molar-refractivity contribution < 1.29 is 4.74 Å². The quantitative estimate of drug-likeness (QED) is 0.203. The van der Waals surface area contributed by atoms with Gasteiger partial charge in [0.25, 0.3) is 0 Å². The number of nitrogens with one attached hydrogen (secondary N) is 2. The van der Waals surface area contributed by atoms with Crippen molar-refractivity contribution in [1.29, 1.82) is 0 Å². The molecule has 15 heavy (non-hydrogen) atoms. The highest BCUT2D eigenvalue weighted by molar-refractivity contribution is 5.79. The normalized spacial score (nSPS) is 18.1. The standard InChI is InChI=1S/C10H22N4O/c1-2-15-8-7-12-10(14-11)13-9-5-3-4-6-9/h9H,2-8,11H2,1H3,(H2,12,13,14). The van der Waals surface area contributed by atoms with E-state index in [4.69, 9.17) is 10.6 Å². The number of hydrogen-bond donors (Lipinski definition) is 3. The number of ether oxygens (including phenoxy) is 1. The lowest BCUT2D eigenvalue weighted by Crippen LogP contribution is -2.45. The zero-order valence-electron chi connectivity index (χ0n) is 9.46. The summed E-state index contributed by atoms with van der Waals surface area (Å²) in [6.45, 7) is 4.00. The Kier molecular flexibility index (Phi) is 6.11. The van der Waals surface area contributed by atoms with E-state index in [1.54, 1.807) is 0 Å². The van der Waals surface area contributed by atoms with Crippen LogP contribution in [-0.2, 0) is 4.74 Å². The van der Waals surface area contributed by atoms with Crippen LogP contribution in [-0.4, -0.2) is 31.8 Å². The topological polar surface area (TPSA) is 71.7 Å². The van der Waals surface area contributed by atoms with Gasteiger partial charge in [0.05, 0.1) is 13.2 Å². The van der Waals surface area contributed by atoms with Crippen LogP contribution in [0.3, 0.4) is 0 Å². The van der Waals surface area contributed by atoms with E-state index in [2.05, 4.69) is 15.7 Å². The highest BCUT2D eigenvalue weighted by Gasteiger charge is 2.15. The fourth-order valence-electron chi connectivity index (χ4n) is 1.76. The minimum absolute atomic E-state index is 0.534. The Morgan fingerprint density at radius 2 is 2.20 bits per heavy atom. The summed E-state index contributed by atoms with van der Waals surface area (Å²) in [6.07, 6.45) is 5.03. The van der Waals surface area contributed by atoms with E-state index >= 15 is 0 Å². The number of hydrogen-bond acceptors (Lipinski definition) is 3. The van der Waals surface area contributed by atoms with Gasteiger partial charge in [-0.1, -0.05) is 12.8 Å². The van der Waals surface area contributed by atoms with Gasteiger partial charge in [-0.3, -0.25) is 5.43 Å². The Balaban J connectivity index is 2.20. The van der Waals surface area contributed by atoms with Crippen LogP contribution in [0.15, 0.2) is 4.99 Å². The monoisotopic (exact) mass is 214 g/mol. The van der Waals surface area contributed by atoms with Gasteiger partial charge >= 0.3 is 0 Å². The minimum atomic E-state index is 0.534. The van der Waals surface area contributed by atoms with Gasteiger partial charge in [0.15, 0.2) is 0 Å². The average molecular weight is 214 g/mol. The molecule has 0 aromatic heterocycles. The Bertz CT molecular complexity index is 190. The van der Waals surface area contributed by atoms with E-state index in [9.17, 15) is 0 Å². The van der Waals surface area contributed by atoms with Gasteiger partial charge < -0.3 is 10.1 Å². The maximum absolute atomic E-state index is 5.38. The van der Waals surface area contributed by atoms with Crippen molar-refractivity contribution in [3.63, 3.8) is 0 Å². The van der Waals surface area contributed by atoms with Gasteiger partial charge in [-0.25, -0.2) is 10.8 Å². The van der Waals surface area contributed by atoms with Crippen LogP contribution in [0, 0.1) is 0 Å². The van der Waals surface area contributed by atoms with Gasteiger partial charge in [-0.05, 0) is 19.8 Å². The molecule has 0 aromatic rings. The zero-order chi connectivity index (χ0) is 10.9. The maximum Gasteiger partial charge on any atom is 0.206 e. The fraction of sp³-hybridized carbons (Fsp3) is 0.900. The molecule has 0 atom stereocenters. The van der Waals surface area contributed by atoms with Crippen LogP contribution in [0.1, 0.15) is 32.6 Å². The first kappa shape index (κ1) is 12.3. The highest BCUT2D eigenvalue weighted by Crippen LogP contribution is 2.17. The number of nitrogens with two attached hydrogens (primary N) is 1. The van der Waals surface area contributed by atoms with E-state index in [1.807, 2.05) is 6.92 Å². The molecule has 0 spiro atoms. The lowest BCUT2D eigenvalue weighted by Gasteiger charge is -2.14. The van der Waals surface area contributed by atoms with Gasteiger partial charge in [0.1, 0.15) is 0 Å². The molecule has 1 aliphatic carbocycles. The molecule has 1 fully saturated rings. The molecular formula is C10H22N4O. The van der Waals surface area contributed by atoms with Gasteiger partial charge in [-0.2, -0.15) is 0 Å². The van der Waals surface area contributed by atoms with E-state index < -0.39 is 0 Å². The molecule has 88 valence electrons. The summed E-state index contributed by atoms with van der Waals surface area (Å²) in [5.41, 5.74) is 2.59. The van der Waals surface area contributed by atoms with Crippen molar-refractivity contribution in [2.24, 2.45) is 10.8 Å². The first-order valence-electron chi connectivity index (χ1n) is 5.72. The molecule has 1 rings (SSSR count). The average Bonchev–Trinajstić information content (AvgIpc) is 2.75. The van der Waals surface area contributed by atoms with Crippen LogP contribution < -0.4 is 16.6 Å². The largest absolute Gasteiger partial charge is 0.380 e. The number of aliphatic imine (C=N–C) groups is 1. The third-order valence-electron chi connectivity index (χ3n) is 2.54. The Morgan fingerprint density at radius 1 is 1.47 bits per heavy atom. The molecule has 0 amide bonds. The van der Waals surface area contributed by atoms with Crippen LogP contribution in [0.25, 0.3) is 0 Å². The molecular weight excluding hydrogens is 192 g/mol. The summed E-state index contributed by atoms with van der Waals surface area (Å²) in [6, 6.07) is 0.534. The van der Waals surface area contributed by atoms with Crippen molar-refractivity contribution in [2.45, 2.75) is 38.6 Å². The lowest BCUT2D eigenvalue weighted by molar-refractivity contribution is 0.155. The Hall–Kier alpha value is -0.810. The number of rotatable bonds is 5. The molecule has 0 aliphatic heterocycles. The molecule has 0 saturated heterocycles. The zero-order valence-corrected chi connectivity index (χ0v) is 9.46. The van der Waals surface area contributed by atoms with Crippen LogP contribution in [0.4, 0.5) is 0 Å². The third-order valence-corrected chi connectivity index (χ3v) is 2.54. The van der Waals surface area contributed by atoms with Gasteiger partial charge in [0, 0.05) is 12.6 Å². The van der Waals surface area contributed by atoms with E-state index in [0.29, 0.717) is 25.2 Å². The molecule has 0 unspecified atom stereocenters. The molecule has 1 saturated carbocycles. The number of nitrogens with zero attached hydrogens (tertiary/aromatic N) is 1. The van der Waals surface area contributed by atoms with Crippen LogP contribution in [0.2, 0.25) is 0 Å². The summed E-state index contributed by atoms with van der Waals surface area (Å²) in [5.74, 6) is 6.06. The van der Waals surface area contributed by atoms with Crippen molar-refractivity contribution in [1.82, 2.24) is 10.7 Å². The van der Waals surface area contributed by atoms with Crippen molar-refractivity contribution >= 4 is 5.96 Å². The number of guanidine groups is 1. The summed E-state index contributed by atoms with van der Waals surface area (Å²) in [7, 11) is 0. The molecule has 0 radical (unpaired) electrons. The third kappa shape index (κ3) is 4.99. The predicted octanol–water partition coefficient (Wildman–Crippen LogP) is 0.374. The Morgan fingerprint density at radius 3 is 2.80 bits per heavy atom. The van der Waals surface area contributed by atoms with Gasteiger partial charge in [0.2, 0.25) is 5.96 Å². The highest BCUT2D eigenvalue weighted by atomic mass is 16.5. The maximum atomic E-state index is 5.38. The molecule has 0 heterocycles. The van der Waals surface area contributed by atoms with Crippen molar-refractivity contribution in [3.05, 3.63) is 0 Å². The molecule has 0 bridgehead atoms. The van der Waals surface area contributed by atoms with Crippen molar-refractivity contribution in [2.75, 3.05) is 19.8 Å². The Labute approximate surface area is 91.4 Å². The van der Waals surface area contributed by atoms with Crippen LogP contribution >= 0.6 is 0 Å². The molecule has 4 N–H and O–H groups in total. The predicted molar refractivity (Wildman–Crippen MR) is 61.5 cm³/mol. The molecule has 5 nitrogen and oxygen atoms in total. The fourth-order valence-corrected chi connectivity index (χ4v) is 1.76. The summed E-state index contributed by atoms with van der Waals surface area (Å²) >= 11 is 0. The second-order valence-corrected chi connectivity index (χ2v) is 3.70. The molecule has 5 heteroatoms. The van der Waals surface area contributed by atoms with E-state index in [1.165, 1.54) is 25.7 Å². The summed E-state index contributed by atoms with van der Waals surface area (Å²) in [5, 5.41) is 3.30. The first-order valence-corrected chi connectivity index (χ1v) is 5.72. The summed E-state index contributed by atoms with van der Waals surface area (Å²) in [4.78, 5) is 4.29. The second kappa shape index (κ2) is 7.48. The number of hydrazine groups is 1. The second-order valence-electron chi connectivity index (χ2n) is 3.70. The molecule has 0 aromatic carbocycles. The molecule has 1 aliphatic rings. The smallest absolute Gasteiger partial charge is 0.206 e. The summed E-state index contributed by atoms with van der Waals surface area (Å²) < 4.78 is 5.19. The lowest BCUT2D eigenvalue weighted by atomic mass is 10.2. The van der Waals surface area contributed by atoms with E-state index in [0.717, 1.165) is 6.61 Å². The van der Waals surface area contributed by atoms with Crippen LogP contribution in [0.5, 0.6) is 0 Å². The minimum Gasteiger partial charge on any atom is -0.380 e. The van der Waals surface area contributed by atoms with Crippen molar-refractivity contribution in [3.8, 4) is 0 Å². The van der Waals surface area contributed by atoms with Gasteiger partial charge in [-0.15, -0.1) is 0 Å².